The van der Waals surface area contributed by atoms with Crippen molar-refractivity contribution in [1.82, 2.24) is 18.9 Å². The maximum Gasteiger partial charge on any atom is 0.407 e. The van der Waals surface area contributed by atoms with Crippen LogP contribution in [0.5, 0.6) is 0 Å². The van der Waals surface area contributed by atoms with E-state index in [0.717, 1.165) is 21.5 Å². The highest BCUT2D eigenvalue weighted by Gasteiger charge is 2.23. The number of hydrogen-bond donors (Lipinski definition) is 2. The summed E-state index contributed by atoms with van der Waals surface area (Å²) in [6.07, 6.45) is 4.10. The van der Waals surface area contributed by atoms with Gasteiger partial charge in [-0.05, 0) is 62.2 Å². The highest BCUT2D eigenvalue weighted by atomic mass is 19.1. The summed E-state index contributed by atoms with van der Waals surface area (Å²) >= 11 is 0. The Kier molecular flexibility index (Phi) is 9.64. The van der Waals surface area contributed by atoms with E-state index in [-0.39, 0.29) is 36.9 Å². The number of nitrogens with zero attached hydrogens (tertiary/aromatic N) is 4. The zero-order chi connectivity index (χ0) is 28.7. The van der Waals surface area contributed by atoms with Crippen LogP contribution in [0.1, 0.15) is 25.5 Å². The molecule has 0 radical (unpaired) electrons. The lowest BCUT2D eigenvalue weighted by atomic mass is 10.0. The Morgan fingerprint density at radius 2 is 1.90 bits per heavy atom. The predicted molar refractivity (Wildman–Crippen MR) is 147 cm³/mol. The lowest BCUT2D eigenvalue weighted by Gasteiger charge is -2.21. The van der Waals surface area contributed by atoms with E-state index < -0.39 is 23.5 Å². The SMILES string of the molecule is CCn1c(Cn2cccc(NC(=O)[C@@H](CC/C=C/C(=O)N(C)C)CN(C)C(=O)O)c2=O)cc2cc(F)ccc21. The summed E-state index contributed by atoms with van der Waals surface area (Å²) in [5.74, 6) is -1.79. The average Bonchev–Trinajstić information content (AvgIpc) is 3.23. The molecule has 1 atom stereocenters. The number of pyridine rings is 1. The number of carbonyl (C=O) groups is 3. The van der Waals surface area contributed by atoms with E-state index in [1.165, 1.54) is 40.8 Å². The Hall–Kier alpha value is -4.41. The number of amides is 3. The van der Waals surface area contributed by atoms with E-state index in [0.29, 0.717) is 13.0 Å². The van der Waals surface area contributed by atoms with Gasteiger partial charge in [0.1, 0.15) is 11.5 Å². The Labute approximate surface area is 225 Å². The number of carboxylic acid groups (broad SMARTS) is 1. The standard InChI is InChI=1S/C28H34FN5O5/c1-5-34-22(16-20-15-21(29)12-13-24(20)34)18-33-14-8-10-23(27(33)37)30-26(36)19(17-32(4)28(38)39)9-6-7-11-25(35)31(2)3/h7-8,10-16,19H,5-6,9,17-18H2,1-4H3,(H,30,36)(H,38,39)/b11-7+/t19-/m0/s1. The molecular formula is C28H34FN5O5. The molecule has 0 spiro atoms. The monoisotopic (exact) mass is 539 g/mol. The van der Waals surface area contributed by atoms with Gasteiger partial charge in [0.2, 0.25) is 11.8 Å². The molecule has 3 amide bonds. The van der Waals surface area contributed by atoms with Crippen molar-refractivity contribution in [2.24, 2.45) is 5.92 Å². The largest absolute Gasteiger partial charge is 0.465 e. The van der Waals surface area contributed by atoms with Crippen LogP contribution < -0.4 is 10.9 Å². The summed E-state index contributed by atoms with van der Waals surface area (Å²) in [4.78, 5) is 52.0. The Balaban J connectivity index is 1.80. The Bertz CT molecular complexity index is 1440. The number of aromatic nitrogens is 2. The van der Waals surface area contributed by atoms with Crippen molar-refractivity contribution in [3.05, 3.63) is 76.6 Å². The highest BCUT2D eigenvalue weighted by Crippen LogP contribution is 2.22. The molecule has 0 saturated carbocycles. The molecule has 39 heavy (non-hydrogen) atoms. The molecule has 0 unspecified atom stereocenters. The van der Waals surface area contributed by atoms with Crippen molar-refractivity contribution in [3.63, 3.8) is 0 Å². The molecule has 2 heterocycles. The zero-order valence-electron chi connectivity index (χ0n) is 22.6. The second-order valence-corrected chi connectivity index (χ2v) is 9.50. The summed E-state index contributed by atoms with van der Waals surface area (Å²) in [5, 5.41) is 12.7. The van der Waals surface area contributed by atoms with Gasteiger partial charge in [-0.25, -0.2) is 9.18 Å². The van der Waals surface area contributed by atoms with Crippen molar-refractivity contribution in [2.45, 2.75) is 32.9 Å². The minimum absolute atomic E-state index is 0.0639. The number of aryl methyl sites for hydroxylation is 1. The first-order chi connectivity index (χ1) is 18.5. The van der Waals surface area contributed by atoms with Crippen LogP contribution in [0.15, 0.2) is 59.5 Å². The van der Waals surface area contributed by atoms with Crippen LogP contribution in [0, 0.1) is 11.7 Å². The van der Waals surface area contributed by atoms with Crippen molar-refractivity contribution < 1.29 is 23.9 Å². The Morgan fingerprint density at radius 1 is 1.15 bits per heavy atom. The number of anilines is 1. The normalized spacial score (nSPS) is 12.0. The van der Waals surface area contributed by atoms with Crippen molar-refractivity contribution in [1.29, 1.82) is 0 Å². The fourth-order valence-electron chi connectivity index (χ4n) is 4.31. The van der Waals surface area contributed by atoms with Crippen molar-refractivity contribution in [3.8, 4) is 0 Å². The third-order valence-electron chi connectivity index (χ3n) is 6.45. The maximum absolute atomic E-state index is 13.7. The third kappa shape index (κ3) is 7.34. The number of hydrogen-bond acceptors (Lipinski definition) is 4. The number of carbonyl (C=O) groups excluding carboxylic acids is 2. The molecule has 11 heteroatoms. The molecule has 0 aliphatic carbocycles. The van der Waals surface area contributed by atoms with Gasteiger partial charge in [0.05, 0.1) is 12.5 Å². The van der Waals surface area contributed by atoms with E-state index in [2.05, 4.69) is 5.32 Å². The molecular weight excluding hydrogens is 505 g/mol. The van der Waals surface area contributed by atoms with E-state index in [4.69, 9.17) is 0 Å². The van der Waals surface area contributed by atoms with Crippen molar-refractivity contribution in [2.75, 3.05) is 33.0 Å². The van der Waals surface area contributed by atoms with Gasteiger partial charge < -0.3 is 29.4 Å². The molecule has 3 aromatic rings. The predicted octanol–water partition coefficient (Wildman–Crippen LogP) is 3.60. The highest BCUT2D eigenvalue weighted by molar-refractivity contribution is 5.92. The van der Waals surface area contributed by atoms with Gasteiger partial charge in [-0.15, -0.1) is 0 Å². The van der Waals surface area contributed by atoms with Crippen LogP contribution >= 0.6 is 0 Å². The maximum atomic E-state index is 13.7. The molecule has 2 N–H and O–H groups in total. The third-order valence-corrected chi connectivity index (χ3v) is 6.45. The van der Waals surface area contributed by atoms with E-state index in [1.54, 1.807) is 38.5 Å². The number of allylic oxidation sites excluding steroid dienone is 1. The van der Waals surface area contributed by atoms with E-state index in [9.17, 15) is 28.7 Å². The average molecular weight is 540 g/mol. The van der Waals surface area contributed by atoms with Gasteiger partial charge in [0.25, 0.3) is 5.56 Å². The first-order valence-corrected chi connectivity index (χ1v) is 12.6. The van der Waals surface area contributed by atoms with Crippen LogP contribution in [0.25, 0.3) is 10.9 Å². The fraction of sp³-hybridized carbons (Fsp3) is 0.357. The van der Waals surface area contributed by atoms with Gasteiger partial charge in [-0.1, -0.05) is 6.08 Å². The number of nitrogens with one attached hydrogen (secondary N) is 1. The molecule has 0 aliphatic heterocycles. The zero-order valence-corrected chi connectivity index (χ0v) is 22.6. The molecule has 10 nitrogen and oxygen atoms in total. The van der Waals surface area contributed by atoms with E-state index in [1.807, 2.05) is 17.6 Å². The lowest BCUT2D eigenvalue weighted by Crippen LogP contribution is -2.37. The first-order valence-electron chi connectivity index (χ1n) is 12.6. The van der Waals surface area contributed by atoms with Crippen LogP contribution in [-0.2, 0) is 22.7 Å². The molecule has 3 rings (SSSR count). The fourth-order valence-corrected chi connectivity index (χ4v) is 4.31. The van der Waals surface area contributed by atoms with Crippen LogP contribution in [0.2, 0.25) is 0 Å². The van der Waals surface area contributed by atoms with Gasteiger partial charge in [-0.2, -0.15) is 0 Å². The van der Waals surface area contributed by atoms with Gasteiger partial charge in [0, 0.05) is 57.0 Å². The second-order valence-electron chi connectivity index (χ2n) is 9.50. The van der Waals surface area contributed by atoms with Crippen molar-refractivity contribution >= 4 is 34.5 Å². The smallest absolute Gasteiger partial charge is 0.407 e. The van der Waals surface area contributed by atoms with Gasteiger partial charge in [0.15, 0.2) is 0 Å². The number of benzene rings is 1. The minimum atomic E-state index is -1.18. The van der Waals surface area contributed by atoms with E-state index >= 15 is 0 Å². The summed E-state index contributed by atoms with van der Waals surface area (Å²) in [6, 6.07) is 9.53. The van der Waals surface area contributed by atoms with Crippen LogP contribution in [-0.4, -0.2) is 69.6 Å². The summed E-state index contributed by atoms with van der Waals surface area (Å²) in [7, 11) is 4.61. The number of halogens is 1. The first kappa shape index (κ1) is 29.2. The van der Waals surface area contributed by atoms with Crippen LogP contribution in [0.3, 0.4) is 0 Å². The summed E-state index contributed by atoms with van der Waals surface area (Å²) < 4.78 is 17.2. The number of likely N-dealkylation sites (N-methyl/N-ethyl adjacent to an activating group) is 1. The Morgan fingerprint density at radius 3 is 2.56 bits per heavy atom. The number of rotatable bonds is 11. The lowest BCUT2D eigenvalue weighted by molar-refractivity contribution is -0.123. The quantitative estimate of drug-likeness (QED) is 0.361. The topological polar surface area (TPSA) is 117 Å². The summed E-state index contributed by atoms with van der Waals surface area (Å²) in [5.41, 5.74) is 1.31. The minimum Gasteiger partial charge on any atom is -0.465 e. The molecule has 1 aromatic carbocycles. The van der Waals surface area contributed by atoms with Crippen LogP contribution in [0.4, 0.5) is 14.9 Å². The molecule has 0 fully saturated rings. The second kappa shape index (κ2) is 12.9. The van der Waals surface area contributed by atoms with Gasteiger partial charge in [-0.3, -0.25) is 14.4 Å². The molecule has 0 bridgehead atoms. The molecule has 2 aromatic heterocycles. The number of fused-ring (bicyclic) bond motifs is 1. The molecule has 208 valence electrons. The molecule has 0 saturated heterocycles. The van der Waals surface area contributed by atoms with Gasteiger partial charge >= 0.3 is 6.09 Å². The molecule has 0 aliphatic rings. The summed E-state index contributed by atoms with van der Waals surface area (Å²) in [6.45, 7) is 2.72.